The molecule has 0 saturated heterocycles. The highest BCUT2D eigenvalue weighted by atomic mass is 19.1. The normalized spacial score (nSPS) is 10.8. The molecule has 0 unspecified atom stereocenters. The predicted octanol–water partition coefficient (Wildman–Crippen LogP) is 2.57. The Bertz CT molecular complexity index is 978. The molecule has 0 aliphatic carbocycles. The van der Waals surface area contributed by atoms with Crippen LogP contribution in [-0.4, -0.2) is 14.4 Å². The fourth-order valence-electron chi connectivity index (χ4n) is 2.43. The summed E-state index contributed by atoms with van der Waals surface area (Å²) in [6, 6.07) is 6.56. The Balaban J connectivity index is 2.29. The fourth-order valence-corrected chi connectivity index (χ4v) is 2.43. The van der Waals surface area contributed by atoms with E-state index in [0.717, 1.165) is 5.69 Å². The largest absolute Gasteiger partial charge is 0.325 e. The van der Waals surface area contributed by atoms with Gasteiger partial charge in [0.2, 0.25) is 5.95 Å². The summed E-state index contributed by atoms with van der Waals surface area (Å²) in [6.45, 7) is 3.62. The number of nitriles is 1. The van der Waals surface area contributed by atoms with Crippen LogP contribution in [0.25, 0.3) is 16.8 Å². The first-order chi connectivity index (χ1) is 10.5. The van der Waals surface area contributed by atoms with Crippen molar-refractivity contribution in [2.24, 2.45) is 0 Å². The molecule has 3 heterocycles. The number of halogens is 1. The predicted molar refractivity (Wildman–Crippen MR) is 80.0 cm³/mol. The van der Waals surface area contributed by atoms with Gasteiger partial charge in [0, 0.05) is 23.0 Å². The van der Waals surface area contributed by atoms with Gasteiger partial charge < -0.3 is 4.98 Å². The van der Waals surface area contributed by atoms with E-state index in [4.69, 9.17) is 5.26 Å². The van der Waals surface area contributed by atoms with Crippen molar-refractivity contribution in [3.8, 4) is 17.2 Å². The van der Waals surface area contributed by atoms with Gasteiger partial charge in [-0.1, -0.05) is 6.92 Å². The smallest absolute Gasteiger partial charge is 0.266 e. The van der Waals surface area contributed by atoms with E-state index in [1.165, 1.54) is 10.5 Å². The number of aromatic nitrogens is 3. The minimum absolute atomic E-state index is 0.0417. The second kappa shape index (κ2) is 5.11. The Morgan fingerprint density at radius 2 is 2.18 bits per heavy atom. The van der Waals surface area contributed by atoms with Crippen molar-refractivity contribution in [3.63, 3.8) is 0 Å². The zero-order chi connectivity index (χ0) is 15.9. The average molecular weight is 296 g/mol. The van der Waals surface area contributed by atoms with Crippen LogP contribution in [0.4, 0.5) is 4.39 Å². The van der Waals surface area contributed by atoms with Crippen LogP contribution in [0.5, 0.6) is 0 Å². The van der Waals surface area contributed by atoms with Crippen LogP contribution in [0.3, 0.4) is 0 Å². The molecule has 3 aromatic heterocycles. The van der Waals surface area contributed by atoms with E-state index >= 15 is 0 Å². The number of imidazole rings is 1. The van der Waals surface area contributed by atoms with Crippen molar-refractivity contribution in [3.05, 3.63) is 57.6 Å². The first-order valence-corrected chi connectivity index (χ1v) is 6.86. The van der Waals surface area contributed by atoms with E-state index < -0.39 is 11.5 Å². The standard InChI is InChI=1S/C16H13FN4O/c1-3-11-8-21-14(20-11)5-4-12(15(21)17)13-6-10(7-18)16(22)19-9(13)2/h4-6,8H,3H2,1-2H3,(H,19,22). The third-order valence-corrected chi connectivity index (χ3v) is 3.63. The summed E-state index contributed by atoms with van der Waals surface area (Å²) in [6.07, 6.45) is 2.37. The maximum absolute atomic E-state index is 14.8. The topological polar surface area (TPSA) is 73.9 Å². The Hall–Kier alpha value is -2.94. The second-order valence-corrected chi connectivity index (χ2v) is 5.01. The van der Waals surface area contributed by atoms with Gasteiger partial charge in [0.15, 0.2) is 0 Å². The number of fused-ring (bicyclic) bond motifs is 1. The molecule has 0 saturated carbocycles. The zero-order valence-electron chi connectivity index (χ0n) is 12.1. The van der Waals surface area contributed by atoms with Crippen LogP contribution in [0.1, 0.15) is 23.9 Å². The molecular weight excluding hydrogens is 283 g/mol. The van der Waals surface area contributed by atoms with Crippen molar-refractivity contribution < 1.29 is 4.39 Å². The van der Waals surface area contributed by atoms with E-state index in [2.05, 4.69) is 9.97 Å². The van der Waals surface area contributed by atoms with Crippen molar-refractivity contribution in [1.29, 1.82) is 5.26 Å². The van der Waals surface area contributed by atoms with Crippen molar-refractivity contribution in [2.75, 3.05) is 0 Å². The third kappa shape index (κ3) is 2.07. The summed E-state index contributed by atoms with van der Waals surface area (Å²) < 4.78 is 16.1. The first kappa shape index (κ1) is 14.0. The number of rotatable bonds is 2. The van der Waals surface area contributed by atoms with Crippen LogP contribution < -0.4 is 5.56 Å². The minimum atomic E-state index is -0.471. The summed E-state index contributed by atoms with van der Waals surface area (Å²) in [4.78, 5) is 18.5. The minimum Gasteiger partial charge on any atom is -0.325 e. The van der Waals surface area contributed by atoms with Gasteiger partial charge in [0.1, 0.15) is 17.3 Å². The quantitative estimate of drug-likeness (QED) is 0.739. The lowest BCUT2D eigenvalue weighted by molar-refractivity contribution is 0.571. The summed E-state index contributed by atoms with van der Waals surface area (Å²) in [7, 11) is 0. The molecule has 0 fully saturated rings. The molecule has 110 valence electrons. The molecule has 0 amide bonds. The molecule has 1 N–H and O–H groups in total. The SMILES string of the molecule is CCc1cn2c(F)c(-c3cc(C#N)c(=O)[nH]c3C)ccc2n1. The molecular formula is C16H13FN4O. The lowest BCUT2D eigenvalue weighted by Gasteiger charge is -2.08. The third-order valence-electron chi connectivity index (χ3n) is 3.63. The summed E-state index contributed by atoms with van der Waals surface area (Å²) >= 11 is 0. The van der Waals surface area contributed by atoms with Crippen LogP contribution in [0.2, 0.25) is 0 Å². The molecule has 0 aromatic carbocycles. The Morgan fingerprint density at radius 3 is 2.86 bits per heavy atom. The molecule has 0 aliphatic rings. The van der Waals surface area contributed by atoms with Gasteiger partial charge in [0.25, 0.3) is 5.56 Å². The number of nitrogens with zero attached hydrogens (tertiary/aromatic N) is 3. The molecule has 22 heavy (non-hydrogen) atoms. The molecule has 6 heteroatoms. The fraction of sp³-hybridized carbons (Fsp3) is 0.188. The number of H-pyrrole nitrogens is 1. The number of hydrogen-bond acceptors (Lipinski definition) is 3. The maximum atomic E-state index is 14.8. The summed E-state index contributed by atoms with van der Waals surface area (Å²) in [5, 5.41) is 8.98. The molecule has 0 bridgehead atoms. The van der Waals surface area contributed by atoms with E-state index in [9.17, 15) is 9.18 Å². The highest BCUT2D eigenvalue weighted by molar-refractivity contribution is 5.68. The molecule has 5 nitrogen and oxygen atoms in total. The summed E-state index contributed by atoms with van der Waals surface area (Å²) in [5.41, 5.74) is 2.13. The van der Waals surface area contributed by atoms with Crippen LogP contribution in [0, 0.1) is 24.2 Å². The van der Waals surface area contributed by atoms with Crippen LogP contribution in [-0.2, 0) is 6.42 Å². The highest BCUT2D eigenvalue weighted by Crippen LogP contribution is 2.26. The molecule has 3 rings (SSSR count). The van der Waals surface area contributed by atoms with E-state index in [1.54, 1.807) is 25.3 Å². The zero-order valence-corrected chi connectivity index (χ0v) is 12.1. The maximum Gasteiger partial charge on any atom is 0.266 e. The number of nitrogens with one attached hydrogen (secondary N) is 1. The van der Waals surface area contributed by atoms with Crippen molar-refractivity contribution >= 4 is 5.65 Å². The van der Waals surface area contributed by atoms with Gasteiger partial charge in [-0.3, -0.25) is 9.20 Å². The first-order valence-electron chi connectivity index (χ1n) is 6.86. The van der Waals surface area contributed by atoms with Gasteiger partial charge in [-0.05, 0) is 31.5 Å². The van der Waals surface area contributed by atoms with Gasteiger partial charge in [-0.15, -0.1) is 0 Å². The van der Waals surface area contributed by atoms with Gasteiger partial charge >= 0.3 is 0 Å². The monoisotopic (exact) mass is 296 g/mol. The van der Waals surface area contributed by atoms with Gasteiger partial charge in [0.05, 0.1) is 5.69 Å². The van der Waals surface area contributed by atoms with Crippen LogP contribution in [0.15, 0.2) is 29.2 Å². The van der Waals surface area contributed by atoms with E-state index in [1.807, 2.05) is 13.0 Å². The number of pyridine rings is 2. The van der Waals surface area contributed by atoms with Crippen molar-refractivity contribution in [1.82, 2.24) is 14.4 Å². The molecule has 0 spiro atoms. The van der Waals surface area contributed by atoms with Crippen molar-refractivity contribution in [2.45, 2.75) is 20.3 Å². The molecule has 0 aliphatic heterocycles. The Kier molecular flexibility index (Phi) is 3.26. The van der Waals surface area contributed by atoms with E-state index in [-0.39, 0.29) is 5.56 Å². The lowest BCUT2D eigenvalue weighted by atomic mass is 10.0. The highest BCUT2D eigenvalue weighted by Gasteiger charge is 2.15. The lowest BCUT2D eigenvalue weighted by Crippen LogP contribution is -2.12. The molecule has 3 aromatic rings. The number of hydrogen-bond donors (Lipinski definition) is 1. The summed E-state index contributed by atoms with van der Waals surface area (Å²) in [5.74, 6) is -0.469. The molecule has 0 atom stereocenters. The molecule has 0 radical (unpaired) electrons. The average Bonchev–Trinajstić information content (AvgIpc) is 2.93. The second-order valence-electron chi connectivity index (χ2n) is 5.01. The Morgan fingerprint density at radius 1 is 1.41 bits per heavy atom. The van der Waals surface area contributed by atoms with Gasteiger partial charge in [-0.25, -0.2) is 4.98 Å². The van der Waals surface area contributed by atoms with Crippen LogP contribution >= 0.6 is 0 Å². The van der Waals surface area contributed by atoms with E-state index in [0.29, 0.717) is 28.9 Å². The van der Waals surface area contributed by atoms with Gasteiger partial charge in [-0.2, -0.15) is 9.65 Å². The number of aromatic amines is 1. The Labute approximate surface area is 125 Å². The number of aryl methyl sites for hydroxylation is 2.